The highest BCUT2D eigenvalue weighted by Crippen LogP contribution is 2.24. The van der Waals surface area contributed by atoms with E-state index in [1.165, 1.54) is 0 Å². The molecule has 0 aromatic heterocycles. The summed E-state index contributed by atoms with van der Waals surface area (Å²) in [6.45, 7) is 3.55. The number of rotatable bonds is 5. The van der Waals surface area contributed by atoms with Gasteiger partial charge in [-0.3, -0.25) is 4.79 Å². The van der Waals surface area contributed by atoms with Gasteiger partial charge in [0.05, 0.1) is 18.7 Å². The van der Waals surface area contributed by atoms with Crippen molar-refractivity contribution in [3.8, 4) is 0 Å². The molecule has 1 saturated heterocycles. The van der Waals surface area contributed by atoms with Crippen molar-refractivity contribution >= 4 is 5.91 Å². The Labute approximate surface area is 84.8 Å². The number of nitrogens with zero attached hydrogens (tertiary/aromatic N) is 1. The Morgan fingerprint density at radius 1 is 1.57 bits per heavy atom. The number of ether oxygens (including phenoxy) is 1. The fourth-order valence-electron chi connectivity index (χ4n) is 1.59. The monoisotopic (exact) mass is 201 g/mol. The molecule has 4 heteroatoms. The topological polar surface area (TPSA) is 49.8 Å². The molecule has 1 fully saturated rings. The minimum absolute atomic E-state index is 0.125. The molecule has 0 aliphatic carbocycles. The van der Waals surface area contributed by atoms with Crippen LogP contribution in [0.3, 0.4) is 0 Å². The minimum atomic E-state index is -0.614. The molecule has 1 rings (SSSR count). The second kappa shape index (κ2) is 4.75. The quantitative estimate of drug-likeness (QED) is 0.655. The maximum Gasteiger partial charge on any atom is 0.222 e. The van der Waals surface area contributed by atoms with Crippen LogP contribution in [0.1, 0.15) is 26.2 Å². The van der Waals surface area contributed by atoms with Gasteiger partial charge < -0.3 is 14.7 Å². The van der Waals surface area contributed by atoms with E-state index >= 15 is 0 Å². The van der Waals surface area contributed by atoms with Crippen LogP contribution < -0.4 is 0 Å². The summed E-state index contributed by atoms with van der Waals surface area (Å²) in [6, 6.07) is 0. The number of carbonyl (C=O) groups excluding carboxylic acids is 1. The Bertz CT molecular complexity index is 200. The van der Waals surface area contributed by atoms with Crippen LogP contribution in [0.2, 0.25) is 0 Å². The number of hydrogen-bond acceptors (Lipinski definition) is 3. The van der Waals surface area contributed by atoms with Gasteiger partial charge in [0.15, 0.2) is 0 Å². The number of aliphatic hydroxyl groups is 1. The summed E-state index contributed by atoms with van der Waals surface area (Å²) in [5.74, 6) is 0.125. The Morgan fingerprint density at radius 3 is 2.71 bits per heavy atom. The molecule has 1 heterocycles. The standard InChI is InChI=1S/C10H19NO3/c1-3-10(13)7-11(8-10)9(12)5-4-6-14-2/h13H,3-8H2,1-2H3. The lowest BCUT2D eigenvalue weighted by Crippen LogP contribution is -2.63. The van der Waals surface area contributed by atoms with Crippen LogP contribution in [-0.4, -0.2) is 48.3 Å². The maximum atomic E-state index is 11.5. The smallest absolute Gasteiger partial charge is 0.222 e. The van der Waals surface area contributed by atoms with Gasteiger partial charge in [-0.05, 0) is 12.8 Å². The molecular weight excluding hydrogens is 182 g/mol. The fourth-order valence-corrected chi connectivity index (χ4v) is 1.59. The van der Waals surface area contributed by atoms with E-state index in [2.05, 4.69) is 0 Å². The number of methoxy groups -OCH3 is 1. The van der Waals surface area contributed by atoms with Gasteiger partial charge in [0.25, 0.3) is 0 Å². The molecule has 0 aromatic rings. The zero-order valence-electron chi connectivity index (χ0n) is 8.95. The third-order valence-corrected chi connectivity index (χ3v) is 2.72. The van der Waals surface area contributed by atoms with E-state index in [4.69, 9.17) is 4.74 Å². The van der Waals surface area contributed by atoms with E-state index in [1.54, 1.807) is 12.0 Å². The van der Waals surface area contributed by atoms with E-state index in [0.717, 1.165) is 12.8 Å². The van der Waals surface area contributed by atoms with Gasteiger partial charge in [-0.2, -0.15) is 0 Å². The third-order valence-electron chi connectivity index (χ3n) is 2.72. The van der Waals surface area contributed by atoms with Crippen molar-refractivity contribution in [3.05, 3.63) is 0 Å². The summed E-state index contributed by atoms with van der Waals surface area (Å²) in [4.78, 5) is 13.2. The molecule has 1 amide bonds. The van der Waals surface area contributed by atoms with E-state index in [9.17, 15) is 9.90 Å². The molecule has 82 valence electrons. The normalized spacial score (nSPS) is 19.2. The zero-order chi connectivity index (χ0) is 10.6. The maximum absolute atomic E-state index is 11.5. The predicted molar refractivity (Wildman–Crippen MR) is 52.9 cm³/mol. The van der Waals surface area contributed by atoms with Gasteiger partial charge in [-0.1, -0.05) is 6.92 Å². The summed E-state index contributed by atoms with van der Waals surface area (Å²) >= 11 is 0. The van der Waals surface area contributed by atoms with E-state index in [1.807, 2.05) is 6.92 Å². The molecular formula is C10H19NO3. The number of β-amino-alcohol motifs (C(OH)–C–C–N with tert-alkyl or cyclic N) is 1. The summed E-state index contributed by atoms with van der Waals surface area (Å²) in [6.07, 6.45) is 2.00. The Kier molecular flexibility index (Phi) is 3.89. The average molecular weight is 201 g/mol. The van der Waals surface area contributed by atoms with E-state index < -0.39 is 5.60 Å². The minimum Gasteiger partial charge on any atom is -0.386 e. The largest absolute Gasteiger partial charge is 0.386 e. The Balaban J connectivity index is 2.16. The van der Waals surface area contributed by atoms with Crippen LogP contribution in [0.25, 0.3) is 0 Å². The molecule has 14 heavy (non-hydrogen) atoms. The van der Waals surface area contributed by atoms with Crippen molar-refractivity contribution in [1.29, 1.82) is 0 Å². The van der Waals surface area contributed by atoms with Gasteiger partial charge in [-0.25, -0.2) is 0 Å². The molecule has 1 aliphatic rings. The molecule has 0 bridgehead atoms. The van der Waals surface area contributed by atoms with Crippen LogP contribution in [0, 0.1) is 0 Å². The molecule has 0 aromatic carbocycles. The van der Waals surface area contributed by atoms with Gasteiger partial charge in [-0.15, -0.1) is 0 Å². The van der Waals surface area contributed by atoms with Crippen LogP contribution in [0.4, 0.5) is 0 Å². The molecule has 0 unspecified atom stereocenters. The summed E-state index contributed by atoms with van der Waals surface area (Å²) in [7, 11) is 1.63. The zero-order valence-corrected chi connectivity index (χ0v) is 8.95. The molecule has 1 aliphatic heterocycles. The molecule has 0 atom stereocenters. The summed E-state index contributed by atoms with van der Waals surface area (Å²) < 4.78 is 4.87. The molecule has 0 radical (unpaired) electrons. The van der Waals surface area contributed by atoms with Gasteiger partial charge in [0.2, 0.25) is 5.91 Å². The first-order valence-corrected chi connectivity index (χ1v) is 5.10. The molecule has 0 saturated carbocycles. The summed E-state index contributed by atoms with van der Waals surface area (Å²) in [5, 5.41) is 9.69. The van der Waals surface area contributed by atoms with Crippen LogP contribution >= 0.6 is 0 Å². The summed E-state index contributed by atoms with van der Waals surface area (Å²) in [5.41, 5.74) is -0.614. The van der Waals surface area contributed by atoms with Crippen LogP contribution in [0.15, 0.2) is 0 Å². The van der Waals surface area contributed by atoms with Crippen molar-refractivity contribution in [3.63, 3.8) is 0 Å². The van der Waals surface area contributed by atoms with Crippen molar-refractivity contribution < 1.29 is 14.6 Å². The van der Waals surface area contributed by atoms with Crippen LogP contribution in [0.5, 0.6) is 0 Å². The lowest BCUT2D eigenvalue weighted by Gasteiger charge is -2.46. The number of carbonyl (C=O) groups is 1. The highest BCUT2D eigenvalue weighted by Gasteiger charge is 2.41. The first-order valence-electron chi connectivity index (χ1n) is 5.10. The van der Waals surface area contributed by atoms with Gasteiger partial charge in [0.1, 0.15) is 0 Å². The molecule has 1 N–H and O–H groups in total. The molecule has 0 spiro atoms. The highest BCUT2D eigenvalue weighted by molar-refractivity contribution is 5.77. The lowest BCUT2D eigenvalue weighted by molar-refractivity contribution is -0.156. The second-order valence-electron chi connectivity index (χ2n) is 3.92. The van der Waals surface area contributed by atoms with Crippen molar-refractivity contribution in [2.75, 3.05) is 26.8 Å². The molecule has 4 nitrogen and oxygen atoms in total. The van der Waals surface area contributed by atoms with Crippen LogP contribution in [-0.2, 0) is 9.53 Å². The lowest BCUT2D eigenvalue weighted by atomic mass is 9.91. The third kappa shape index (κ3) is 2.69. The second-order valence-corrected chi connectivity index (χ2v) is 3.92. The van der Waals surface area contributed by atoms with Gasteiger partial charge in [0, 0.05) is 20.1 Å². The fraction of sp³-hybridized carbons (Fsp3) is 0.900. The van der Waals surface area contributed by atoms with Crippen molar-refractivity contribution in [2.24, 2.45) is 0 Å². The SMILES string of the molecule is CCC1(O)CN(C(=O)CCCOC)C1. The predicted octanol–water partition coefficient (Wildman–Crippen LogP) is 0.396. The number of hydrogen-bond donors (Lipinski definition) is 1. The van der Waals surface area contributed by atoms with Crippen molar-refractivity contribution in [1.82, 2.24) is 4.90 Å². The Hall–Kier alpha value is -0.610. The van der Waals surface area contributed by atoms with E-state index in [-0.39, 0.29) is 5.91 Å². The van der Waals surface area contributed by atoms with E-state index in [0.29, 0.717) is 26.1 Å². The van der Waals surface area contributed by atoms with Gasteiger partial charge >= 0.3 is 0 Å². The highest BCUT2D eigenvalue weighted by atomic mass is 16.5. The number of amides is 1. The Morgan fingerprint density at radius 2 is 2.21 bits per heavy atom. The van der Waals surface area contributed by atoms with Crippen molar-refractivity contribution in [2.45, 2.75) is 31.8 Å². The first-order chi connectivity index (χ1) is 6.61. The first kappa shape index (κ1) is 11.5. The average Bonchev–Trinajstić information content (AvgIpc) is 2.13. The number of likely N-dealkylation sites (tertiary alicyclic amines) is 1.